The first-order valence-electron chi connectivity index (χ1n) is 4.32. The highest BCUT2D eigenvalue weighted by Crippen LogP contribution is 1.96. The third kappa shape index (κ3) is 7.21. The molecule has 70 valence electrons. The minimum Gasteiger partial charge on any atom is -0.348 e. The Morgan fingerprint density at radius 1 is 1.58 bits per heavy atom. The Morgan fingerprint density at radius 2 is 2.17 bits per heavy atom. The molecule has 0 aromatic rings. The average molecular weight is 173 g/mol. The van der Waals surface area contributed by atoms with Gasteiger partial charge in [-0.25, -0.2) is 0 Å². The molecule has 0 heterocycles. The van der Waals surface area contributed by atoms with E-state index in [2.05, 4.69) is 10.6 Å². The van der Waals surface area contributed by atoms with Crippen LogP contribution in [0.5, 0.6) is 0 Å². The van der Waals surface area contributed by atoms with E-state index in [1.165, 1.54) is 0 Å². The number of carbonyl (C=O) groups is 2. The number of amides is 1. The Bertz CT molecular complexity index is 199. The van der Waals surface area contributed by atoms with Crippen LogP contribution < -0.4 is 10.6 Å². The maximum atomic E-state index is 11.0. The van der Waals surface area contributed by atoms with E-state index in [0.29, 0.717) is 0 Å². The second-order valence-electron chi connectivity index (χ2n) is 3.52. The summed E-state index contributed by atoms with van der Waals surface area (Å²) in [5.41, 5.74) is -0.123. The van der Waals surface area contributed by atoms with Gasteiger partial charge in [0.15, 0.2) is 0 Å². The van der Waals surface area contributed by atoms with Crippen molar-refractivity contribution in [1.29, 1.82) is 0 Å². The van der Waals surface area contributed by atoms with Gasteiger partial charge in [-0.1, -0.05) is 0 Å². The molecule has 0 aromatic carbocycles. The van der Waals surface area contributed by atoms with Crippen LogP contribution in [0.3, 0.4) is 0 Å². The smallest absolute Gasteiger partial charge is 0.234 e. The van der Waals surface area contributed by atoms with Crippen molar-refractivity contribution in [1.82, 2.24) is 10.6 Å². The van der Waals surface area contributed by atoms with Crippen LogP contribution in [0.1, 0.15) is 22.1 Å². The van der Waals surface area contributed by atoms with Crippen LogP contribution in [0, 0.1) is 0 Å². The highest BCUT2D eigenvalue weighted by atomic mass is 16.2. The van der Waals surface area contributed by atoms with Gasteiger partial charge in [0, 0.05) is 5.54 Å². The number of hydrogen-bond donors (Lipinski definition) is 2. The van der Waals surface area contributed by atoms with Gasteiger partial charge in [-0.2, -0.15) is 0 Å². The van der Waals surface area contributed by atoms with Crippen LogP contribution in [-0.4, -0.2) is 30.8 Å². The minimum absolute atomic E-state index is 0.123. The number of nitrogens with one attached hydrogen (secondary N) is 2. The zero-order valence-electron chi connectivity index (χ0n) is 8.73. The standard InChI is InChI=1S/C8H16N2O2/c1-8(2,3)10-6-7(12)9-4-5-11/h5,10H,4,6H2,1-3H3,(H,9,12)/i5D. The largest absolute Gasteiger partial charge is 0.348 e. The van der Waals surface area contributed by atoms with E-state index in [9.17, 15) is 9.59 Å². The molecule has 0 aliphatic rings. The van der Waals surface area contributed by atoms with E-state index in [1.54, 1.807) is 0 Å². The molecule has 4 nitrogen and oxygen atoms in total. The van der Waals surface area contributed by atoms with E-state index in [4.69, 9.17) is 1.37 Å². The topological polar surface area (TPSA) is 58.2 Å². The lowest BCUT2D eigenvalue weighted by molar-refractivity contribution is -0.122. The number of carbonyl (C=O) groups excluding carboxylic acids is 2. The van der Waals surface area contributed by atoms with Gasteiger partial charge in [0.1, 0.15) is 7.63 Å². The normalized spacial score (nSPS) is 12.1. The summed E-state index contributed by atoms with van der Waals surface area (Å²) in [6, 6.07) is 0. The number of rotatable bonds is 4. The van der Waals surface area contributed by atoms with Crippen molar-refractivity contribution >= 4 is 12.2 Å². The molecular formula is C8H16N2O2. The van der Waals surface area contributed by atoms with Crippen LogP contribution >= 0.6 is 0 Å². The van der Waals surface area contributed by atoms with Crippen LogP contribution in [-0.2, 0) is 9.59 Å². The van der Waals surface area contributed by atoms with Crippen molar-refractivity contribution < 1.29 is 11.0 Å². The third-order valence-electron chi connectivity index (χ3n) is 1.14. The summed E-state index contributed by atoms with van der Waals surface area (Å²) in [5.74, 6) is -0.268. The van der Waals surface area contributed by atoms with Gasteiger partial charge in [-0.15, -0.1) is 0 Å². The molecule has 0 fully saturated rings. The van der Waals surface area contributed by atoms with E-state index >= 15 is 0 Å². The fourth-order valence-corrected chi connectivity index (χ4v) is 0.543. The average Bonchev–Trinajstić information content (AvgIpc) is 1.95. The Hall–Kier alpha value is -0.900. The van der Waals surface area contributed by atoms with Crippen molar-refractivity contribution in [3.63, 3.8) is 0 Å². The maximum Gasteiger partial charge on any atom is 0.234 e. The Labute approximate surface area is 74.1 Å². The summed E-state index contributed by atoms with van der Waals surface area (Å²) in [6.45, 7) is 5.77. The van der Waals surface area contributed by atoms with Crippen LogP contribution in [0.25, 0.3) is 0 Å². The molecule has 4 heteroatoms. The molecule has 0 aromatic heterocycles. The van der Waals surface area contributed by atoms with Crippen LogP contribution in [0.2, 0.25) is 0 Å². The zero-order chi connectivity index (χ0) is 10.5. The van der Waals surface area contributed by atoms with Gasteiger partial charge in [0.05, 0.1) is 13.1 Å². The fraction of sp³-hybridized carbons (Fsp3) is 0.750. The molecule has 0 rings (SSSR count). The molecule has 12 heavy (non-hydrogen) atoms. The Morgan fingerprint density at radius 3 is 2.58 bits per heavy atom. The highest BCUT2D eigenvalue weighted by molar-refractivity contribution is 5.80. The van der Waals surface area contributed by atoms with Gasteiger partial charge >= 0.3 is 0 Å². The summed E-state index contributed by atoms with van der Waals surface area (Å²) >= 11 is 0. The quantitative estimate of drug-likeness (QED) is 0.573. The molecular weight excluding hydrogens is 156 g/mol. The molecule has 2 N–H and O–H groups in total. The summed E-state index contributed by atoms with van der Waals surface area (Å²) in [5, 5.41) is 5.28. The van der Waals surface area contributed by atoms with E-state index in [1.807, 2.05) is 20.8 Å². The predicted octanol–water partition coefficient (Wildman–Crippen LogP) is -0.310. The van der Waals surface area contributed by atoms with Crippen molar-refractivity contribution in [2.24, 2.45) is 0 Å². The summed E-state index contributed by atoms with van der Waals surface area (Å²) in [7, 11) is 0. The lowest BCUT2D eigenvalue weighted by Crippen LogP contribution is -2.43. The summed E-state index contributed by atoms with van der Waals surface area (Å²) in [6.07, 6.45) is -0.788. The molecule has 1 amide bonds. The van der Waals surface area contributed by atoms with Crippen LogP contribution in [0.4, 0.5) is 0 Å². The van der Waals surface area contributed by atoms with Gasteiger partial charge in [0.2, 0.25) is 5.91 Å². The highest BCUT2D eigenvalue weighted by Gasteiger charge is 2.10. The van der Waals surface area contributed by atoms with Gasteiger partial charge in [-0.05, 0) is 20.8 Å². The van der Waals surface area contributed by atoms with Crippen molar-refractivity contribution in [2.75, 3.05) is 13.1 Å². The molecule has 0 saturated heterocycles. The fourth-order valence-electron chi connectivity index (χ4n) is 0.543. The molecule has 0 spiro atoms. The summed E-state index contributed by atoms with van der Waals surface area (Å²) in [4.78, 5) is 21.2. The van der Waals surface area contributed by atoms with Crippen LogP contribution in [0.15, 0.2) is 0 Å². The van der Waals surface area contributed by atoms with Gasteiger partial charge in [0.25, 0.3) is 0 Å². The first kappa shape index (κ1) is 9.19. The monoisotopic (exact) mass is 173 g/mol. The van der Waals surface area contributed by atoms with Gasteiger partial charge < -0.3 is 15.4 Å². The van der Waals surface area contributed by atoms with E-state index in [0.717, 1.165) is 0 Å². The molecule has 0 unspecified atom stereocenters. The van der Waals surface area contributed by atoms with E-state index < -0.39 is 6.26 Å². The van der Waals surface area contributed by atoms with Crippen molar-refractivity contribution in [3.8, 4) is 0 Å². The second kappa shape index (κ2) is 4.87. The molecule has 0 aliphatic carbocycles. The first-order valence-corrected chi connectivity index (χ1v) is 3.82. The lowest BCUT2D eigenvalue weighted by Gasteiger charge is -2.19. The SMILES string of the molecule is [2H]C(=O)CNC(=O)CNC(C)(C)C. The third-order valence-corrected chi connectivity index (χ3v) is 1.14. The van der Waals surface area contributed by atoms with E-state index in [-0.39, 0.29) is 24.5 Å². The molecule has 0 atom stereocenters. The minimum atomic E-state index is -0.788. The Kier molecular flexibility index (Phi) is 3.73. The number of hydrogen-bond acceptors (Lipinski definition) is 3. The predicted molar refractivity (Wildman–Crippen MR) is 46.8 cm³/mol. The van der Waals surface area contributed by atoms with Crippen molar-refractivity contribution in [3.05, 3.63) is 0 Å². The lowest BCUT2D eigenvalue weighted by atomic mass is 10.1. The summed E-state index contributed by atoms with van der Waals surface area (Å²) < 4.78 is 6.55. The molecule has 0 saturated carbocycles. The van der Waals surface area contributed by atoms with Crippen molar-refractivity contribution in [2.45, 2.75) is 26.3 Å². The second-order valence-corrected chi connectivity index (χ2v) is 3.52. The number of aldehydes is 1. The molecule has 0 aliphatic heterocycles. The maximum absolute atomic E-state index is 11.0. The zero-order valence-corrected chi connectivity index (χ0v) is 7.73. The molecule has 0 radical (unpaired) electrons. The first-order chi connectivity index (χ1) is 5.81. The Balaban J connectivity index is 3.58. The van der Waals surface area contributed by atoms with Gasteiger partial charge in [-0.3, -0.25) is 4.79 Å². The molecule has 0 bridgehead atoms.